The normalized spacial score (nSPS) is 10.1. The van der Waals surface area contributed by atoms with Gasteiger partial charge in [0, 0.05) is 18.3 Å². The number of rotatable bonds is 3. The number of carbonyl (C=O) groups excluding carboxylic acids is 1. The Bertz CT molecular complexity index is 368. The second-order valence-corrected chi connectivity index (χ2v) is 3.40. The van der Waals surface area contributed by atoms with Crippen LogP contribution in [0.5, 0.6) is 0 Å². The highest BCUT2D eigenvalue weighted by molar-refractivity contribution is 6.29. The van der Waals surface area contributed by atoms with Crippen molar-refractivity contribution in [3.05, 3.63) is 28.5 Å². The second-order valence-electron chi connectivity index (χ2n) is 3.01. The van der Waals surface area contributed by atoms with Gasteiger partial charge in [0.25, 0.3) is 5.91 Å². The fourth-order valence-electron chi connectivity index (χ4n) is 1.12. The van der Waals surface area contributed by atoms with Crippen LogP contribution >= 0.6 is 11.6 Å². The number of hydroxylamine groups is 2. The summed E-state index contributed by atoms with van der Waals surface area (Å²) in [7, 11) is 2.98. The molecule has 0 aliphatic carbocycles. The topological polar surface area (TPSA) is 42.4 Å². The Kier molecular flexibility index (Phi) is 4.05. The minimum absolute atomic E-state index is 0.239. The molecule has 1 heterocycles. The lowest BCUT2D eigenvalue weighted by Crippen LogP contribution is -2.25. The molecule has 0 aliphatic rings. The van der Waals surface area contributed by atoms with Gasteiger partial charge in [0.2, 0.25) is 0 Å². The van der Waals surface area contributed by atoms with E-state index < -0.39 is 0 Å². The van der Waals surface area contributed by atoms with Crippen molar-refractivity contribution in [3.63, 3.8) is 0 Å². The molecule has 15 heavy (non-hydrogen) atoms. The highest BCUT2D eigenvalue weighted by Crippen LogP contribution is 2.13. The Morgan fingerprint density at radius 2 is 2.27 bits per heavy atom. The highest BCUT2D eigenvalue weighted by Gasteiger charge is 2.13. The van der Waals surface area contributed by atoms with Crippen molar-refractivity contribution in [3.8, 4) is 0 Å². The third-order valence-corrected chi connectivity index (χ3v) is 2.21. The molecule has 0 radical (unpaired) electrons. The molecule has 0 unspecified atom stereocenters. The van der Waals surface area contributed by atoms with Crippen LogP contribution in [0.15, 0.2) is 12.1 Å². The van der Waals surface area contributed by atoms with Gasteiger partial charge in [-0.2, -0.15) is 0 Å². The zero-order chi connectivity index (χ0) is 11.4. The van der Waals surface area contributed by atoms with E-state index in [0.29, 0.717) is 10.7 Å². The number of carbonyl (C=O) groups is 1. The summed E-state index contributed by atoms with van der Waals surface area (Å²) < 4.78 is 0. The van der Waals surface area contributed by atoms with Gasteiger partial charge in [-0.25, -0.2) is 10.0 Å². The Morgan fingerprint density at radius 3 is 2.80 bits per heavy atom. The van der Waals surface area contributed by atoms with Gasteiger partial charge in [-0.1, -0.05) is 18.5 Å². The van der Waals surface area contributed by atoms with Crippen LogP contribution in [0.4, 0.5) is 0 Å². The molecule has 0 fully saturated rings. The zero-order valence-electron chi connectivity index (χ0n) is 8.95. The molecular formula is C10H13ClN2O2. The van der Waals surface area contributed by atoms with Gasteiger partial charge in [-0.15, -0.1) is 0 Å². The summed E-state index contributed by atoms with van der Waals surface area (Å²) in [6, 6.07) is 3.24. The van der Waals surface area contributed by atoms with Crippen LogP contribution in [0.3, 0.4) is 0 Å². The zero-order valence-corrected chi connectivity index (χ0v) is 9.71. The maximum Gasteiger partial charge on any atom is 0.277 e. The molecular weight excluding hydrogens is 216 g/mol. The fourth-order valence-corrected chi connectivity index (χ4v) is 1.35. The Hall–Kier alpha value is -1.13. The summed E-state index contributed by atoms with van der Waals surface area (Å²) in [6.45, 7) is 1.95. The summed E-state index contributed by atoms with van der Waals surface area (Å²) in [5.74, 6) is -0.239. The number of amides is 1. The van der Waals surface area contributed by atoms with E-state index in [0.717, 1.165) is 17.2 Å². The quantitative estimate of drug-likeness (QED) is 0.587. The van der Waals surface area contributed by atoms with Crippen molar-refractivity contribution in [2.75, 3.05) is 14.2 Å². The molecule has 0 spiro atoms. The lowest BCUT2D eigenvalue weighted by Gasteiger charge is -2.13. The predicted molar refractivity (Wildman–Crippen MR) is 57.7 cm³/mol. The molecule has 4 nitrogen and oxygen atoms in total. The van der Waals surface area contributed by atoms with E-state index in [4.69, 9.17) is 16.4 Å². The summed E-state index contributed by atoms with van der Waals surface area (Å²) in [6.07, 6.45) is 0.734. The van der Waals surface area contributed by atoms with Gasteiger partial charge in [0.1, 0.15) is 5.15 Å². The number of hydrogen-bond acceptors (Lipinski definition) is 3. The summed E-state index contributed by atoms with van der Waals surface area (Å²) in [5.41, 5.74) is 1.27. The minimum atomic E-state index is -0.239. The fraction of sp³-hybridized carbons (Fsp3) is 0.400. The summed E-state index contributed by atoms with van der Waals surface area (Å²) in [4.78, 5) is 20.6. The Balaban J connectivity index is 3.03. The molecule has 82 valence electrons. The average molecular weight is 229 g/mol. The molecule has 1 rings (SSSR count). The molecule has 1 amide bonds. The van der Waals surface area contributed by atoms with Gasteiger partial charge >= 0.3 is 0 Å². The van der Waals surface area contributed by atoms with Crippen LogP contribution in [0.2, 0.25) is 5.15 Å². The van der Waals surface area contributed by atoms with Crippen LogP contribution in [0, 0.1) is 0 Å². The Morgan fingerprint density at radius 1 is 1.60 bits per heavy atom. The van der Waals surface area contributed by atoms with Gasteiger partial charge in [0.05, 0.1) is 7.11 Å². The second kappa shape index (κ2) is 5.09. The van der Waals surface area contributed by atoms with E-state index in [1.807, 2.05) is 6.92 Å². The predicted octanol–water partition coefficient (Wildman–Crippen LogP) is 1.93. The van der Waals surface area contributed by atoms with Crippen molar-refractivity contribution in [2.24, 2.45) is 0 Å². The molecule has 0 saturated carbocycles. The van der Waals surface area contributed by atoms with Crippen LogP contribution in [-0.4, -0.2) is 30.1 Å². The van der Waals surface area contributed by atoms with Crippen molar-refractivity contribution in [2.45, 2.75) is 13.3 Å². The molecule has 0 bridgehead atoms. The lowest BCUT2D eigenvalue weighted by molar-refractivity contribution is -0.0757. The van der Waals surface area contributed by atoms with Crippen LogP contribution in [-0.2, 0) is 11.3 Å². The van der Waals surface area contributed by atoms with E-state index in [1.165, 1.54) is 13.2 Å². The minimum Gasteiger partial charge on any atom is -0.274 e. The van der Waals surface area contributed by atoms with Crippen LogP contribution in [0.1, 0.15) is 23.0 Å². The molecule has 0 saturated heterocycles. The molecule has 1 aromatic rings. The third-order valence-electron chi connectivity index (χ3n) is 2.02. The lowest BCUT2D eigenvalue weighted by atomic mass is 10.2. The molecule has 0 atom stereocenters. The molecule has 1 aromatic heterocycles. The first-order chi connectivity index (χ1) is 7.08. The summed E-state index contributed by atoms with van der Waals surface area (Å²) >= 11 is 5.80. The smallest absolute Gasteiger partial charge is 0.274 e. The van der Waals surface area contributed by atoms with Gasteiger partial charge < -0.3 is 0 Å². The van der Waals surface area contributed by atoms with Crippen LogP contribution in [0.25, 0.3) is 0 Å². The van der Waals surface area contributed by atoms with Gasteiger partial charge in [0.15, 0.2) is 0 Å². The highest BCUT2D eigenvalue weighted by atomic mass is 35.5. The van der Waals surface area contributed by atoms with E-state index in [9.17, 15) is 4.79 Å². The number of pyridine rings is 1. The first kappa shape index (κ1) is 11.9. The van der Waals surface area contributed by atoms with Crippen molar-refractivity contribution in [1.82, 2.24) is 10.0 Å². The van der Waals surface area contributed by atoms with E-state index in [2.05, 4.69) is 4.98 Å². The first-order valence-electron chi connectivity index (χ1n) is 4.57. The molecule has 0 N–H and O–H groups in total. The van der Waals surface area contributed by atoms with E-state index in [-0.39, 0.29) is 5.91 Å². The SMILES string of the molecule is CCc1cc(C(=O)N(C)OC)cc(Cl)n1. The number of aryl methyl sites for hydroxylation is 1. The number of halogens is 1. The maximum atomic E-state index is 11.7. The summed E-state index contributed by atoms with van der Waals surface area (Å²) in [5, 5.41) is 1.47. The van der Waals surface area contributed by atoms with Crippen molar-refractivity contribution in [1.29, 1.82) is 0 Å². The largest absolute Gasteiger partial charge is 0.277 e. The van der Waals surface area contributed by atoms with Gasteiger partial charge in [-0.05, 0) is 18.6 Å². The van der Waals surface area contributed by atoms with Crippen molar-refractivity contribution >= 4 is 17.5 Å². The number of aromatic nitrogens is 1. The maximum absolute atomic E-state index is 11.7. The molecule has 0 aliphatic heterocycles. The monoisotopic (exact) mass is 228 g/mol. The standard InChI is InChI=1S/C10H13ClN2O2/c1-4-8-5-7(6-9(11)12-8)10(14)13(2)15-3/h5-6H,4H2,1-3H3. The van der Waals surface area contributed by atoms with Crippen molar-refractivity contribution < 1.29 is 9.63 Å². The van der Waals surface area contributed by atoms with E-state index >= 15 is 0 Å². The molecule has 5 heteroatoms. The first-order valence-corrected chi connectivity index (χ1v) is 4.95. The Labute approximate surface area is 93.8 Å². The molecule has 0 aromatic carbocycles. The van der Waals surface area contributed by atoms with E-state index in [1.54, 1.807) is 13.1 Å². The third kappa shape index (κ3) is 2.91. The average Bonchev–Trinajstić information content (AvgIpc) is 2.26. The number of nitrogens with zero attached hydrogens (tertiary/aromatic N) is 2. The number of hydrogen-bond donors (Lipinski definition) is 0. The van der Waals surface area contributed by atoms with Gasteiger partial charge in [-0.3, -0.25) is 9.63 Å². The van der Waals surface area contributed by atoms with Crippen LogP contribution < -0.4 is 0 Å².